The van der Waals surface area contributed by atoms with E-state index in [1.807, 2.05) is 0 Å². The van der Waals surface area contributed by atoms with Gasteiger partial charge in [-0.3, -0.25) is 9.69 Å². The van der Waals surface area contributed by atoms with E-state index in [0.29, 0.717) is 61.2 Å². The second-order valence-corrected chi connectivity index (χ2v) is 14.5. The summed E-state index contributed by atoms with van der Waals surface area (Å²) < 4.78 is 121. The fourth-order valence-corrected chi connectivity index (χ4v) is 8.76. The van der Waals surface area contributed by atoms with Crippen molar-refractivity contribution >= 4 is 27.6 Å². The van der Waals surface area contributed by atoms with E-state index in [0.717, 1.165) is 7.05 Å². The maximum atomic E-state index is 13.8. The predicted octanol–water partition coefficient (Wildman–Crippen LogP) is 5.94. The van der Waals surface area contributed by atoms with Crippen molar-refractivity contribution in [2.75, 3.05) is 44.4 Å². The molecule has 1 saturated carbocycles. The summed E-state index contributed by atoms with van der Waals surface area (Å²) in [5.74, 6) is -1.52. The van der Waals surface area contributed by atoms with Crippen LogP contribution in [0.3, 0.4) is 0 Å². The van der Waals surface area contributed by atoms with Crippen LogP contribution in [0.5, 0.6) is 0 Å². The number of rotatable bonds is 5. The molecule has 3 aliphatic rings. The number of amides is 3. The first-order valence-corrected chi connectivity index (χ1v) is 16.8. The quantitative estimate of drug-likeness (QED) is 0.364. The Labute approximate surface area is 268 Å². The summed E-state index contributed by atoms with van der Waals surface area (Å²) in [7, 11) is -0.871. The molecule has 258 valence electrons. The Morgan fingerprint density at radius 3 is 1.94 bits per heavy atom. The standard InChI is InChI=1S/C31H35F7N4O4S/c1-39(25-15-21(30(33,34)35)14-22(16-25)31(36,37)38)29(44)40(2)27-18-41(17-26(27)19-4-8-23(32)9-5-19)28(43)20-6-10-24(11-7-20)42-12-3-13-47(42,45)46/h4-5,8-9,14-16,20,24,26-27H,3,6-7,10-13,17-18H2,1-2H3/t20?,24?,26-,27+/m0/s1. The molecule has 2 atom stereocenters. The van der Waals surface area contributed by atoms with E-state index in [2.05, 4.69) is 0 Å². The minimum Gasteiger partial charge on any atom is -0.340 e. The predicted molar refractivity (Wildman–Crippen MR) is 158 cm³/mol. The maximum Gasteiger partial charge on any atom is 0.416 e. The SMILES string of the molecule is CN(C(=O)N(C)[C@@H]1CN(C(=O)C2CCC(N3CCCS3(=O)=O)CC2)C[C@H]1c1ccc(F)cc1)c1cc(C(F)(F)F)cc(C(F)(F)F)c1. The van der Waals surface area contributed by atoms with Gasteiger partial charge in [-0.25, -0.2) is 17.6 Å². The number of urea groups is 1. The van der Waals surface area contributed by atoms with E-state index in [1.165, 1.54) is 40.5 Å². The molecule has 2 aromatic carbocycles. The van der Waals surface area contributed by atoms with Crippen LogP contribution in [0.1, 0.15) is 54.7 Å². The second kappa shape index (κ2) is 12.9. The molecule has 47 heavy (non-hydrogen) atoms. The number of hydrogen-bond acceptors (Lipinski definition) is 4. The van der Waals surface area contributed by atoms with Crippen molar-refractivity contribution in [3.8, 4) is 0 Å². The van der Waals surface area contributed by atoms with Gasteiger partial charge in [-0.1, -0.05) is 12.1 Å². The van der Waals surface area contributed by atoms with Gasteiger partial charge in [0.15, 0.2) is 0 Å². The summed E-state index contributed by atoms with van der Waals surface area (Å²) in [5.41, 5.74) is -3.16. The third-order valence-corrected chi connectivity index (χ3v) is 11.5. The van der Waals surface area contributed by atoms with Gasteiger partial charge in [-0.15, -0.1) is 0 Å². The monoisotopic (exact) mass is 692 g/mol. The first-order chi connectivity index (χ1) is 21.9. The van der Waals surface area contributed by atoms with Gasteiger partial charge in [0.05, 0.1) is 22.9 Å². The van der Waals surface area contributed by atoms with Gasteiger partial charge >= 0.3 is 18.4 Å². The van der Waals surface area contributed by atoms with Crippen molar-refractivity contribution in [1.82, 2.24) is 14.1 Å². The van der Waals surface area contributed by atoms with Crippen molar-refractivity contribution in [2.24, 2.45) is 5.92 Å². The number of anilines is 1. The number of halogens is 7. The number of likely N-dealkylation sites (N-methyl/N-ethyl adjacent to an activating group) is 1. The average Bonchev–Trinajstić information content (AvgIpc) is 3.62. The smallest absolute Gasteiger partial charge is 0.340 e. The third kappa shape index (κ3) is 7.37. The van der Waals surface area contributed by atoms with Crippen LogP contribution in [0.15, 0.2) is 42.5 Å². The van der Waals surface area contributed by atoms with Gasteiger partial charge < -0.3 is 9.80 Å². The average molecular weight is 693 g/mol. The molecular weight excluding hydrogens is 657 g/mol. The summed E-state index contributed by atoms with van der Waals surface area (Å²) in [6.45, 7) is 0.623. The molecule has 0 spiro atoms. The summed E-state index contributed by atoms with van der Waals surface area (Å²) >= 11 is 0. The minimum atomic E-state index is -5.10. The van der Waals surface area contributed by atoms with Gasteiger partial charge in [0.25, 0.3) is 0 Å². The van der Waals surface area contributed by atoms with Gasteiger partial charge in [-0.2, -0.15) is 30.6 Å². The Kier molecular flexibility index (Phi) is 9.58. The highest BCUT2D eigenvalue weighted by Crippen LogP contribution is 2.40. The molecule has 8 nitrogen and oxygen atoms in total. The number of sulfonamides is 1. The Hall–Kier alpha value is -3.40. The van der Waals surface area contributed by atoms with Crippen molar-refractivity contribution in [2.45, 2.75) is 62.5 Å². The van der Waals surface area contributed by atoms with Crippen LogP contribution in [0.4, 0.5) is 41.2 Å². The van der Waals surface area contributed by atoms with Gasteiger partial charge in [0.1, 0.15) is 5.82 Å². The first kappa shape index (κ1) is 34.9. The van der Waals surface area contributed by atoms with Gasteiger partial charge in [0, 0.05) is 57.3 Å². The Morgan fingerprint density at radius 2 is 1.43 bits per heavy atom. The molecule has 0 radical (unpaired) electrons. The molecule has 2 heterocycles. The summed E-state index contributed by atoms with van der Waals surface area (Å²) in [6, 6.07) is 4.54. The third-order valence-electron chi connectivity index (χ3n) is 9.54. The first-order valence-electron chi connectivity index (χ1n) is 15.2. The number of likely N-dealkylation sites (tertiary alicyclic amines) is 1. The van der Waals surface area contributed by atoms with Crippen LogP contribution in [0.25, 0.3) is 0 Å². The fourth-order valence-electron chi connectivity index (χ4n) is 6.96. The molecule has 0 unspecified atom stereocenters. The summed E-state index contributed by atoms with van der Waals surface area (Å²) in [5, 5.41) is 0. The van der Waals surface area contributed by atoms with Gasteiger partial charge in [-0.05, 0) is 68.0 Å². The van der Waals surface area contributed by atoms with E-state index in [1.54, 1.807) is 4.90 Å². The zero-order chi connectivity index (χ0) is 34.5. The minimum absolute atomic E-state index is 0.0198. The Bertz CT molecular complexity index is 1560. The fraction of sp³-hybridized carbons (Fsp3) is 0.548. The van der Waals surface area contributed by atoms with E-state index >= 15 is 0 Å². The van der Waals surface area contributed by atoms with Crippen LogP contribution < -0.4 is 4.90 Å². The highest BCUT2D eigenvalue weighted by atomic mass is 32.2. The van der Waals surface area contributed by atoms with Crippen LogP contribution in [-0.4, -0.2) is 86.0 Å². The van der Waals surface area contributed by atoms with E-state index in [4.69, 9.17) is 0 Å². The molecule has 3 fully saturated rings. The molecular formula is C31H35F7N4O4S. The Balaban J connectivity index is 1.36. The van der Waals surface area contributed by atoms with Crippen molar-refractivity contribution in [3.63, 3.8) is 0 Å². The lowest BCUT2D eigenvalue weighted by molar-refractivity contribution is -0.143. The lowest BCUT2D eigenvalue weighted by Crippen LogP contribution is -2.48. The molecule has 0 bridgehead atoms. The number of carbonyl (C=O) groups is 2. The lowest BCUT2D eigenvalue weighted by atomic mass is 9.85. The highest BCUT2D eigenvalue weighted by Gasteiger charge is 2.44. The van der Waals surface area contributed by atoms with E-state index in [-0.39, 0.29) is 36.9 Å². The molecule has 0 N–H and O–H groups in total. The zero-order valence-corrected chi connectivity index (χ0v) is 26.5. The molecule has 2 aromatic rings. The van der Waals surface area contributed by atoms with Crippen LogP contribution in [0, 0.1) is 11.7 Å². The highest BCUT2D eigenvalue weighted by molar-refractivity contribution is 7.89. The normalized spacial score (nSPS) is 25.2. The number of benzene rings is 2. The van der Waals surface area contributed by atoms with Gasteiger partial charge in [0.2, 0.25) is 15.9 Å². The van der Waals surface area contributed by atoms with Crippen LogP contribution in [0.2, 0.25) is 0 Å². The number of nitrogens with zero attached hydrogens (tertiary/aromatic N) is 4. The zero-order valence-electron chi connectivity index (χ0n) is 25.7. The molecule has 2 aliphatic heterocycles. The van der Waals surface area contributed by atoms with Crippen LogP contribution >= 0.6 is 0 Å². The second-order valence-electron chi connectivity index (χ2n) is 12.5. The molecule has 3 amide bonds. The number of hydrogen-bond donors (Lipinski definition) is 0. The molecule has 16 heteroatoms. The van der Waals surface area contributed by atoms with Crippen molar-refractivity contribution in [1.29, 1.82) is 0 Å². The number of alkyl halides is 6. The van der Waals surface area contributed by atoms with E-state index < -0.39 is 68.9 Å². The summed E-state index contributed by atoms with van der Waals surface area (Å²) in [4.78, 5) is 30.9. The lowest BCUT2D eigenvalue weighted by Gasteiger charge is -2.34. The number of carbonyl (C=O) groups excluding carboxylic acids is 2. The molecule has 2 saturated heterocycles. The molecule has 5 rings (SSSR count). The van der Waals surface area contributed by atoms with E-state index in [9.17, 15) is 48.7 Å². The van der Waals surface area contributed by atoms with Crippen LogP contribution in [-0.2, 0) is 27.2 Å². The van der Waals surface area contributed by atoms with Crippen molar-refractivity contribution < 1.29 is 48.7 Å². The Morgan fingerprint density at radius 1 is 0.851 bits per heavy atom. The van der Waals surface area contributed by atoms with Crippen molar-refractivity contribution in [3.05, 3.63) is 65.0 Å². The topological polar surface area (TPSA) is 81.2 Å². The summed E-state index contributed by atoms with van der Waals surface area (Å²) in [6.07, 6.45) is -7.66. The molecule has 1 aliphatic carbocycles. The maximum absolute atomic E-state index is 13.8. The largest absolute Gasteiger partial charge is 0.416 e. The molecule has 0 aromatic heterocycles.